The van der Waals surface area contributed by atoms with Crippen molar-refractivity contribution in [1.29, 1.82) is 0 Å². The lowest BCUT2D eigenvalue weighted by molar-refractivity contribution is 0.0247. The molecule has 3 heteroatoms. The Hall–Kier alpha value is -0.120. The fraction of sp³-hybridized carbons (Fsp3) is 1.00. The lowest BCUT2D eigenvalue weighted by atomic mass is 9.88. The zero-order chi connectivity index (χ0) is 14.3. The molecule has 19 heavy (non-hydrogen) atoms. The van der Waals surface area contributed by atoms with E-state index in [1.807, 2.05) is 0 Å². The third kappa shape index (κ3) is 5.05. The molecule has 0 spiro atoms. The second kappa shape index (κ2) is 8.23. The number of rotatable bonds is 8. The summed E-state index contributed by atoms with van der Waals surface area (Å²) in [5.74, 6) is 0.750. The molecule has 0 aliphatic carbocycles. The van der Waals surface area contributed by atoms with Crippen molar-refractivity contribution in [3.8, 4) is 0 Å². The van der Waals surface area contributed by atoms with Crippen molar-refractivity contribution >= 4 is 0 Å². The van der Waals surface area contributed by atoms with Gasteiger partial charge in [-0.3, -0.25) is 4.90 Å². The number of hydrogen-bond donors (Lipinski definition) is 1. The summed E-state index contributed by atoms with van der Waals surface area (Å²) in [5, 5.41) is 3.76. The largest absolute Gasteiger partial charge is 0.380 e. The third-order valence-electron chi connectivity index (χ3n) is 4.71. The molecule has 0 aromatic rings. The summed E-state index contributed by atoms with van der Waals surface area (Å²) in [4.78, 5) is 2.66. The van der Waals surface area contributed by atoms with Crippen molar-refractivity contribution in [3.63, 3.8) is 0 Å². The molecule has 3 nitrogen and oxygen atoms in total. The van der Waals surface area contributed by atoms with Crippen LogP contribution in [0.5, 0.6) is 0 Å². The molecule has 1 aliphatic rings. The minimum atomic E-state index is 0.273. The molecule has 1 saturated heterocycles. The van der Waals surface area contributed by atoms with Gasteiger partial charge in [-0.05, 0) is 25.7 Å². The van der Waals surface area contributed by atoms with Gasteiger partial charge in [0.2, 0.25) is 0 Å². The standard InChI is InChI=1S/C16H34N2O/c1-6-10-19-11-9-18-13-16(5,8-3)17-12-15(18)14(4)7-2/h14-15,17H,6-13H2,1-5H3. The molecule has 0 radical (unpaired) electrons. The molecule has 1 aliphatic heterocycles. The number of nitrogens with one attached hydrogen (secondary N) is 1. The highest BCUT2D eigenvalue weighted by Crippen LogP contribution is 2.23. The first-order valence-corrected chi connectivity index (χ1v) is 8.13. The van der Waals surface area contributed by atoms with Crippen LogP contribution in [0, 0.1) is 5.92 Å². The summed E-state index contributed by atoms with van der Waals surface area (Å²) >= 11 is 0. The van der Waals surface area contributed by atoms with Crippen LogP contribution in [0.15, 0.2) is 0 Å². The van der Waals surface area contributed by atoms with Crippen molar-refractivity contribution in [1.82, 2.24) is 10.2 Å². The van der Waals surface area contributed by atoms with Crippen LogP contribution < -0.4 is 5.32 Å². The Kier molecular flexibility index (Phi) is 7.33. The van der Waals surface area contributed by atoms with E-state index in [0.29, 0.717) is 6.04 Å². The first-order chi connectivity index (χ1) is 9.06. The smallest absolute Gasteiger partial charge is 0.0593 e. The molecule has 0 aromatic carbocycles. The Bertz CT molecular complexity index is 247. The van der Waals surface area contributed by atoms with Gasteiger partial charge >= 0.3 is 0 Å². The van der Waals surface area contributed by atoms with Gasteiger partial charge in [-0.1, -0.05) is 34.1 Å². The van der Waals surface area contributed by atoms with E-state index in [2.05, 4.69) is 44.8 Å². The van der Waals surface area contributed by atoms with Crippen LogP contribution in [-0.4, -0.2) is 49.3 Å². The van der Waals surface area contributed by atoms with Crippen molar-refractivity contribution < 1.29 is 4.74 Å². The molecule has 0 saturated carbocycles. The molecule has 1 N–H and O–H groups in total. The lowest BCUT2D eigenvalue weighted by Crippen LogP contribution is -2.64. The number of hydrogen-bond acceptors (Lipinski definition) is 3. The summed E-state index contributed by atoms with van der Waals surface area (Å²) in [6.07, 6.45) is 3.55. The zero-order valence-corrected chi connectivity index (χ0v) is 13.7. The summed E-state index contributed by atoms with van der Waals surface area (Å²) in [7, 11) is 0. The number of ether oxygens (including phenoxy) is 1. The predicted molar refractivity (Wildman–Crippen MR) is 82.6 cm³/mol. The monoisotopic (exact) mass is 270 g/mol. The Balaban J connectivity index is 2.55. The summed E-state index contributed by atoms with van der Waals surface area (Å²) < 4.78 is 5.69. The molecule has 0 bridgehead atoms. The topological polar surface area (TPSA) is 24.5 Å². The van der Waals surface area contributed by atoms with Crippen LogP contribution in [0.1, 0.15) is 53.9 Å². The van der Waals surface area contributed by atoms with Crippen LogP contribution >= 0.6 is 0 Å². The number of nitrogens with zero attached hydrogens (tertiary/aromatic N) is 1. The van der Waals surface area contributed by atoms with Crippen LogP contribution in [0.4, 0.5) is 0 Å². The van der Waals surface area contributed by atoms with Crippen molar-refractivity contribution in [2.75, 3.05) is 32.8 Å². The van der Waals surface area contributed by atoms with Crippen LogP contribution in [0.25, 0.3) is 0 Å². The van der Waals surface area contributed by atoms with E-state index >= 15 is 0 Å². The van der Waals surface area contributed by atoms with Gasteiger partial charge in [-0.15, -0.1) is 0 Å². The second-order valence-electron chi connectivity index (χ2n) is 6.33. The first kappa shape index (κ1) is 16.9. The van der Waals surface area contributed by atoms with Crippen LogP contribution in [0.2, 0.25) is 0 Å². The quantitative estimate of drug-likeness (QED) is 0.686. The first-order valence-electron chi connectivity index (χ1n) is 8.13. The Labute approximate surface area is 120 Å². The van der Waals surface area contributed by atoms with E-state index in [1.165, 1.54) is 12.8 Å². The summed E-state index contributed by atoms with van der Waals surface area (Å²) in [6, 6.07) is 0.662. The highest BCUT2D eigenvalue weighted by atomic mass is 16.5. The van der Waals surface area contributed by atoms with Gasteiger partial charge < -0.3 is 10.1 Å². The molecule has 0 amide bonds. The maximum absolute atomic E-state index is 5.69. The average Bonchev–Trinajstić information content (AvgIpc) is 2.43. The van der Waals surface area contributed by atoms with Crippen LogP contribution in [-0.2, 0) is 4.74 Å². The van der Waals surface area contributed by atoms with Gasteiger partial charge in [-0.25, -0.2) is 0 Å². The minimum absolute atomic E-state index is 0.273. The molecule has 3 unspecified atom stereocenters. The SMILES string of the molecule is CCCOCCN1CC(C)(CC)NCC1C(C)CC. The van der Waals surface area contributed by atoms with Crippen molar-refractivity contribution in [2.45, 2.75) is 65.5 Å². The Morgan fingerprint density at radius 3 is 2.63 bits per heavy atom. The molecule has 3 atom stereocenters. The number of piperazine rings is 1. The molecular weight excluding hydrogens is 236 g/mol. The van der Waals surface area contributed by atoms with Gasteiger partial charge in [0.15, 0.2) is 0 Å². The average molecular weight is 270 g/mol. The fourth-order valence-electron chi connectivity index (χ4n) is 2.84. The van der Waals surface area contributed by atoms with E-state index in [-0.39, 0.29) is 5.54 Å². The molecule has 1 rings (SSSR count). The van der Waals surface area contributed by atoms with E-state index in [1.54, 1.807) is 0 Å². The highest BCUT2D eigenvalue weighted by Gasteiger charge is 2.35. The predicted octanol–water partition coefficient (Wildman–Crippen LogP) is 2.90. The highest BCUT2D eigenvalue weighted by molar-refractivity contribution is 4.95. The molecule has 1 fully saturated rings. The summed E-state index contributed by atoms with van der Waals surface area (Å²) in [6.45, 7) is 16.6. The zero-order valence-electron chi connectivity index (χ0n) is 13.7. The molecule has 114 valence electrons. The summed E-state index contributed by atoms with van der Waals surface area (Å²) in [5.41, 5.74) is 0.273. The molecular formula is C16H34N2O. The fourth-order valence-corrected chi connectivity index (χ4v) is 2.84. The maximum atomic E-state index is 5.69. The second-order valence-corrected chi connectivity index (χ2v) is 6.33. The third-order valence-corrected chi connectivity index (χ3v) is 4.71. The van der Waals surface area contributed by atoms with E-state index in [0.717, 1.165) is 45.2 Å². The van der Waals surface area contributed by atoms with E-state index in [4.69, 9.17) is 4.74 Å². The Morgan fingerprint density at radius 1 is 1.32 bits per heavy atom. The van der Waals surface area contributed by atoms with Gasteiger partial charge in [0.05, 0.1) is 6.61 Å². The van der Waals surface area contributed by atoms with Crippen molar-refractivity contribution in [3.05, 3.63) is 0 Å². The Morgan fingerprint density at radius 2 is 2.05 bits per heavy atom. The van der Waals surface area contributed by atoms with E-state index < -0.39 is 0 Å². The van der Waals surface area contributed by atoms with E-state index in [9.17, 15) is 0 Å². The van der Waals surface area contributed by atoms with Gasteiger partial charge in [0.1, 0.15) is 0 Å². The normalized spacial score (nSPS) is 30.5. The van der Waals surface area contributed by atoms with Gasteiger partial charge in [-0.2, -0.15) is 0 Å². The van der Waals surface area contributed by atoms with Crippen LogP contribution in [0.3, 0.4) is 0 Å². The van der Waals surface area contributed by atoms with Gasteiger partial charge in [0.25, 0.3) is 0 Å². The maximum Gasteiger partial charge on any atom is 0.0593 e. The molecule has 1 heterocycles. The molecule has 0 aromatic heterocycles. The van der Waals surface area contributed by atoms with Crippen molar-refractivity contribution in [2.24, 2.45) is 5.92 Å². The van der Waals surface area contributed by atoms with Gasteiger partial charge in [0, 0.05) is 37.8 Å². The lowest BCUT2D eigenvalue weighted by Gasteiger charge is -2.48. The minimum Gasteiger partial charge on any atom is -0.380 e.